The SMILES string of the molecule is O=C(O)CSc1ncc(-c2cccs2)[nH]1. The Labute approximate surface area is 94.4 Å². The Morgan fingerprint density at radius 1 is 1.67 bits per heavy atom. The van der Waals surface area contributed by atoms with Crippen molar-refractivity contribution in [3.05, 3.63) is 23.7 Å². The lowest BCUT2D eigenvalue weighted by Crippen LogP contribution is -1.97. The third-order valence-corrected chi connectivity index (χ3v) is 3.45. The van der Waals surface area contributed by atoms with E-state index in [9.17, 15) is 4.79 Å². The lowest BCUT2D eigenvalue weighted by molar-refractivity contribution is -0.133. The lowest BCUT2D eigenvalue weighted by Gasteiger charge is -1.92. The van der Waals surface area contributed by atoms with Gasteiger partial charge in [-0.15, -0.1) is 11.3 Å². The number of carboxylic acids is 1. The van der Waals surface area contributed by atoms with Gasteiger partial charge in [0.25, 0.3) is 0 Å². The van der Waals surface area contributed by atoms with Crippen LogP contribution in [-0.4, -0.2) is 26.8 Å². The van der Waals surface area contributed by atoms with Crippen LogP contribution in [0.5, 0.6) is 0 Å². The number of carboxylic acid groups (broad SMARTS) is 1. The van der Waals surface area contributed by atoms with E-state index in [4.69, 9.17) is 5.11 Å². The molecule has 0 aliphatic rings. The van der Waals surface area contributed by atoms with Crippen LogP contribution in [0.4, 0.5) is 0 Å². The van der Waals surface area contributed by atoms with Crippen LogP contribution in [0.2, 0.25) is 0 Å². The number of nitrogens with zero attached hydrogens (tertiary/aromatic N) is 1. The van der Waals surface area contributed by atoms with E-state index in [1.165, 1.54) is 11.8 Å². The van der Waals surface area contributed by atoms with Crippen LogP contribution in [0.3, 0.4) is 0 Å². The molecule has 0 radical (unpaired) electrons. The molecule has 78 valence electrons. The Morgan fingerprint density at radius 2 is 2.53 bits per heavy atom. The molecular formula is C9H8N2O2S2. The molecule has 0 fully saturated rings. The molecule has 0 atom stereocenters. The van der Waals surface area contributed by atoms with Crippen LogP contribution < -0.4 is 0 Å². The van der Waals surface area contributed by atoms with Crippen molar-refractivity contribution < 1.29 is 9.90 Å². The molecule has 0 saturated heterocycles. The molecule has 0 unspecified atom stereocenters. The average Bonchev–Trinajstić information content (AvgIpc) is 2.85. The van der Waals surface area contributed by atoms with E-state index in [-0.39, 0.29) is 5.75 Å². The quantitative estimate of drug-likeness (QED) is 0.805. The highest BCUT2D eigenvalue weighted by Gasteiger charge is 2.06. The second kappa shape index (κ2) is 4.50. The van der Waals surface area contributed by atoms with E-state index in [0.717, 1.165) is 10.6 Å². The molecule has 2 aromatic rings. The first-order valence-electron chi connectivity index (χ1n) is 4.19. The van der Waals surface area contributed by atoms with Crippen LogP contribution in [-0.2, 0) is 4.79 Å². The number of imidazole rings is 1. The van der Waals surface area contributed by atoms with E-state index in [1.807, 2.05) is 17.5 Å². The summed E-state index contributed by atoms with van der Waals surface area (Å²) in [5, 5.41) is 11.1. The van der Waals surface area contributed by atoms with Crippen molar-refractivity contribution in [3.63, 3.8) is 0 Å². The average molecular weight is 240 g/mol. The minimum atomic E-state index is -0.839. The number of nitrogens with one attached hydrogen (secondary N) is 1. The molecule has 0 aromatic carbocycles. The molecule has 0 aliphatic carbocycles. The van der Waals surface area contributed by atoms with E-state index in [0.29, 0.717) is 5.16 Å². The van der Waals surface area contributed by atoms with Crippen LogP contribution in [0.15, 0.2) is 28.9 Å². The number of hydrogen-bond donors (Lipinski definition) is 2. The van der Waals surface area contributed by atoms with Gasteiger partial charge >= 0.3 is 5.97 Å². The highest BCUT2D eigenvalue weighted by molar-refractivity contribution is 7.99. The number of thioether (sulfide) groups is 1. The Hall–Kier alpha value is -1.27. The summed E-state index contributed by atoms with van der Waals surface area (Å²) in [5.41, 5.74) is 0.929. The van der Waals surface area contributed by atoms with Crippen LogP contribution >= 0.6 is 23.1 Å². The maximum Gasteiger partial charge on any atom is 0.313 e. The van der Waals surface area contributed by atoms with Crippen molar-refractivity contribution in [1.29, 1.82) is 0 Å². The number of rotatable bonds is 4. The fraction of sp³-hybridized carbons (Fsp3) is 0.111. The maximum atomic E-state index is 10.3. The van der Waals surface area contributed by atoms with Gasteiger partial charge in [-0.2, -0.15) is 0 Å². The normalized spacial score (nSPS) is 10.4. The third-order valence-electron chi connectivity index (χ3n) is 1.67. The van der Waals surface area contributed by atoms with E-state index in [1.54, 1.807) is 17.5 Å². The highest BCUT2D eigenvalue weighted by atomic mass is 32.2. The Bertz CT molecular complexity index is 450. The molecule has 6 heteroatoms. The predicted octanol–water partition coefficient (Wildman–Crippen LogP) is 2.31. The molecule has 0 spiro atoms. The molecule has 0 aliphatic heterocycles. The summed E-state index contributed by atoms with van der Waals surface area (Å²) in [4.78, 5) is 18.6. The summed E-state index contributed by atoms with van der Waals surface area (Å²) in [6.07, 6.45) is 1.72. The monoisotopic (exact) mass is 240 g/mol. The number of H-pyrrole nitrogens is 1. The van der Waals surface area contributed by atoms with Gasteiger partial charge in [0.2, 0.25) is 0 Å². The van der Waals surface area contributed by atoms with Crippen molar-refractivity contribution in [3.8, 4) is 10.6 Å². The van der Waals surface area contributed by atoms with Gasteiger partial charge in [0.15, 0.2) is 5.16 Å². The van der Waals surface area contributed by atoms with Gasteiger partial charge in [-0.05, 0) is 11.4 Å². The molecular weight excluding hydrogens is 232 g/mol. The molecule has 2 heterocycles. The first-order valence-corrected chi connectivity index (χ1v) is 6.05. The van der Waals surface area contributed by atoms with Gasteiger partial charge in [-0.3, -0.25) is 4.79 Å². The van der Waals surface area contributed by atoms with Gasteiger partial charge in [0.05, 0.1) is 22.5 Å². The first-order chi connectivity index (χ1) is 7.25. The van der Waals surface area contributed by atoms with E-state index < -0.39 is 5.97 Å². The first kappa shape index (κ1) is 10.3. The molecule has 0 saturated carbocycles. The van der Waals surface area contributed by atoms with Crippen molar-refractivity contribution in [2.24, 2.45) is 0 Å². The topological polar surface area (TPSA) is 66.0 Å². The summed E-state index contributed by atoms with van der Waals surface area (Å²) in [6, 6.07) is 3.95. The molecule has 2 aromatic heterocycles. The fourth-order valence-corrected chi connectivity index (χ4v) is 2.32. The summed E-state index contributed by atoms with van der Waals surface area (Å²) >= 11 is 2.80. The maximum absolute atomic E-state index is 10.3. The van der Waals surface area contributed by atoms with Gasteiger partial charge < -0.3 is 10.1 Å². The molecule has 4 nitrogen and oxygen atoms in total. The molecule has 15 heavy (non-hydrogen) atoms. The largest absolute Gasteiger partial charge is 0.481 e. The number of aromatic amines is 1. The number of thiophene rings is 1. The number of aliphatic carboxylic acids is 1. The smallest absolute Gasteiger partial charge is 0.313 e. The molecule has 2 rings (SSSR count). The summed E-state index contributed by atoms with van der Waals surface area (Å²) in [7, 11) is 0. The Balaban J connectivity index is 2.08. The van der Waals surface area contributed by atoms with Gasteiger partial charge in [0, 0.05) is 0 Å². The lowest BCUT2D eigenvalue weighted by atomic mass is 10.4. The van der Waals surface area contributed by atoms with Crippen LogP contribution in [0.1, 0.15) is 0 Å². The second-order valence-corrected chi connectivity index (χ2v) is 4.67. The molecule has 0 amide bonds. The van der Waals surface area contributed by atoms with Gasteiger partial charge in [-0.25, -0.2) is 4.98 Å². The minimum Gasteiger partial charge on any atom is -0.481 e. The van der Waals surface area contributed by atoms with Crippen LogP contribution in [0.25, 0.3) is 10.6 Å². The Morgan fingerprint density at radius 3 is 3.20 bits per heavy atom. The zero-order valence-corrected chi connectivity index (χ0v) is 9.27. The van der Waals surface area contributed by atoms with E-state index in [2.05, 4.69) is 9.97 Å². The number of aromatic nitrogens is 2. The summed E-state index contributed by atoms with van der Waals surface area (Å²) < 4.78 is 0. The minimum absolute atomic E-state index is 0.0252. The number of carbonyl (C=O) groups is 1. The highest BCUT2D eigenvalue weighted by Crippen LogP contribution is 2.24. The summed E-state index contributed by atoms with van der Waals surface area (Å²) in [6.45, 7) is 0. The van der Waals surface area contributed by atoms with Crippen molar-refractivity contribution in [1.82, 2.24) is 9.97 Å². The Kier molecular flexibility index (Phi) is 3.08. The molecule has 2 N–H and O–H groups in total. The third kappa shape index (κ3) is 2.60. The van der Waals surface area contributed by atoms with Crippen LogP contribution in [0, 0.1) is 0 Å². The fourth-order valence-electron chi connectivity index (χ4n) is 1.06. The number of hydrogen-bond acceptors (Lipinski definition) is 4. The standard InChI is InChI=1S/C9H8N2O2S2/c12-8(13)5-15-9-10-4-6(11-9)7-2-1-3-14-7/h1-4H,5H2,(H,10,11)(H,12,13). The van der Waals surface area contributed by atoms with Crippen molar-refractivity contribution in [2.45, 2.75) is 5.16 Å². The predicted molar refractivity (Wildman–Crippen MR) is 60.3 cm³/mol. The van der Waals surface area contributed by atoms with Crippen molar-refractivity contribution in [2.75, 3.05) is 5.75 Å². The van der Waals surface area contributed by atoms with Gasteiger partial charge in [0.1, 0.15) is 0 Å². The van der Waals surface area contributed by atoms with Crippen molar-refractivity contribution >= 4 is 29.1 Å². The zero-order chi connectivity index (χ0) is 10.7. The molecule has 0 bridgehead atoms. The zero-order valence-electron chi connectivity index (χ0n) is 7.64. The second-order valence-electron chi connectivity index (χ2n) is 2.76. The summed E-state index contributed by atoms with van der Waals surface area (Å²) in [5.74, 6) is -0.814. The van der Waals surface area contributed by atoms with Gasteiger partial charge in [-0.1, -0.05) is 17.8 Å². The van der Waals surface area contributed by atoms with E-state index >= 15 is 0 Å².